The van der Waals surface area contributed by atoms with Gasteiger partial charge in [0.15, 0.2) is 0 Å². The number of nitrogens with two attached hydrogens (primary N) is 1. The van der Waals surface area contributed by atoms with Gasteiger partial charge in [-0.1, -0.05) is 6.42 Å². The molecule has 3 heteroatoms. The van der Waals surface area contributed by atoms with Crippen LogP contribution in [0.1, 0.15) is 19.3 Å². The largest absolute Gasteiger partial charge is 0.292 e. The summed E-state index contributed by atoms with van der Waals surface area (Å²) in [4.78, 5) is 1.81. The molecule has 0 atom stereocenters. The lowest BCUT2D eigenvalue weighted by Gasteiger charge is -2.31. The molecule has 2 nitrogen and oxygen atoms in total. The van der Waals surface area contributed by atoms with Crippen molar-refractivity contribution in [2.45, 2.75) is 25.3 Å². The third-order valence-electron chi connectivity index (χ3n) is 1.65. The van der Waals surface area contributed by atoms with Crippen molar-refractivity contribution in [2.24, 2.45) is 5.84 Å². The molecule has 0 aromatic carbocycles. The fourth-order valence-electron chi connectivity index (χ4n) is 0.794. The van der Waals surface area contributed by atoms with E-state index >= 15 is 0 Å². The topological polar surface area (TPSA) is 29.3 Å². The van der Waals surface area contributed by atoms with E-state index in [-0.39, 0.29) is 0 Å². The van der Waals surface area contributed by atoms with Crippen LogP contribution in [0.25, 0.3) is 0 Å². The van der Waals surface area contributed by atoms with Crippen molar-refractivity contribution in [3.63, 3.8) is 0 Å². The lowest BCUT2D eigenvalue weighted by Crippen LogP contribution is -2.42. The molecule has 0 bridgehead atoms. The molecule has 1 aliphatic carbocycles. The van der Waals surface area contributed by atoms with Gasteiger partial charge in [-0.05, 0) is 12.8 Å². The molecule has 0 saturated heterocycles. The Balaban J connectivity index is 2.14. The van der Waals surface area contributed by atoms with E-state index in [0.29, 0.717) is 6.04 Å². The van der Waals surface area contributed by atoms with Gasteiger partial charge in [-0.25, -0.2) is 0 Å². The smallest absolute Gasteiger partial charge is 0.205 e. The van der Waals surface area contributed by atoms with E-state index in [4.69, 9.17) is 5.84 Å². The summed E-state index contributed by atoms with van der Waals surface area (Å²) in [6.07, 6.45) is 3.96. The fourth-order valence-corrected chi connectivity index (χ4v) is 0.794. The van der Waals surface area contributed by atoms with E-state index in [1.165, 1.54) is 19.3 Å². The summed E-state index contributed by atoms with van der Waals surface area (Å²) in [5, 5.41) is 0. The van der Waals surface area contributed by atoms with E-state index in [9.17, 15) is 0 Å². The molecule has 0 heterocycles. The van der Waals surface area contributed by atoms with Crippen LogP contribution in [0.4, 0.5) is 0 Å². The predicted molar refractivity (Wildman–Crippen MR) is 32.2 cm³/mol. The van der Waals surface area contributed by atoms with Crippen molar-refractivity contribution in [2.75, 3.05) is 0 Å². The van der Waals surface area contributed by atoms with Crippen molar-refractivity contribution < 1.29 is 0 Å². The summed E-state index contributed by atoms with van der Waals surface area (Å²) >= 11 is 0. The third kappa shape index (κ3) is 0.953. The predicted octanol–water partition coefficient (Wildman–Crippen LogP) is -0.737. The standard InChI is InChI=1S/C4H11BN2/c5-7(6)4-2-1-3-4/h4H,1-3,5-6H2. The Labute approximate surface area is 45.1 Å². The van der Waals surface area contributed by atoms with Gasteiger partial charge in [0.05, 0.1) is 0 Å². The van der Waals surface area contributed by atoms with Crippen LogP contribution in [0.3, 0.4) is 0 Å². The molecule has 0 spiro atoms. The molecule has 0 aromatic rings. The van der Waals surface area contributed by atoms with Gasteiger partial charge in [-0.2, -0.15) is 0 Å². The number of rotatable bonds is 1. The van der Waals surface area contributed by atoms with Crippen LogP contribution in [0.15, 0.2) is 0 Å². The molecular weight excluding hydrogens is 86.9 g/mol. The highest BCUT2D eigenvalue weighted by atomic mass is 15.4. The molecule has 1 saturated carbocycles. The maximum atomic E-state index is 5.43. The van der Waals surface area contributed by atoms with Crippen molar-refractivity contribution >= 4 is 7.98 Å². The van der Waals surface area contributed by atoms with Gasteiger partial charge in [0.1, 0.15) is 0 Å². The van der Waals surface area contributed by atoms with E-state index in [1.54, 1.807) is 0 Å². The van der Waals surface area contributed by atoms with E-state index < -0.39 is 0 Å². The number of hydrogen-bond donors (Lipinski definition) is 1. The maximum Gasteiger partial charge on any atom is 0.205 e. The molecule has 0 radical (unpaired) electrons. The van der Waals surface area contributed by atoms with Crippen LogP contribution < -0.4 is 5.84 Å². The minimum Gasteiger partial charge on any atom is -0.292 e. The Bertz CT molecular complexity index is 60.7. The van der Waals surface area contributed by atoms with Crippen molar-refractivity contribution in [1.82, 2.24) is 4.92 Å². The summed E-state index contributed by atoms with van der Waals surface area (Å²) in [5.74, 6) is 5.43. The van der Waals surface area contributed by atoms with E-state index in [1.807, 2.05) is 12.9 Å². The average Bonchev–Trinajstić information content (AvgIpc) is 1.23. The molecule has 0 aromatic heterocycles. The summed E-state index contributed by atoms with van der Waals surface area (Å²) in [6, 6.07) is 0.694. The molecule has 1 aliphatic rings. The third-order valence-corrected chi connectivity index (χ3v) is 1.65. The summed E-state index contributed by atoms with van der Waals surface area (Å²) < 4.78 is 0. The monoisotopic (exact) mass is 98.1 g/mol. The van der Waals surface area contributed by atoms with Gasteiger partial charge < -0.3 is 0 Å². The summed E-state index contributed by atoms with van der Waals surface area (Å²) in [6.45, 7) is 0. The highest BCUT2D eigenvalue weighted by Gasteiger charge is 2.18. The second-order valence-corrected chi connectivity index (χ2v) is 2.25. The van der Waals surface area contributed by atoms with Crippen LogP contribution in [-0.4, -0.2) is 18.9 Å². The lowest BCUT2D eigenvalue weighted by atomic mass is 9.91. The van der Waals surface area contributed by atoms with Crippen LogP contribution in [0, 0.1) is 0 Å². The zero-order valence-electron chi connectivity index (χ0n) is 4.72. The average molecular weight is 98.0 g/mol. The van der Waals surface area contributed by atoms with Gasteiger partial charge in [-0.3, -0.25) is 10.8 Å². The van der Waals surface area contributed by atoms with Gasteiger partial charge in [0.25, 0.3) is 0 Å². The van der Waals surface area contributed by atoms with Gasteiger partial charge >= 0.3 is 0 Å². The molecule has 0 amide bonds. The number of hydrogen-bond acceptors (Lipinski definition) is 2. The first-order valence-electron chi connectivity index (χ1n) is 2.78. The molecular formula is C4H11BN2. The van der Waals surface area contributed by atoms with Crippen LogP contribution in [0.2, 0.25) is 0 Å². The number of hydrazine groups is 1. The molecule has 1 fully saturated rings. The second-order valence-electron chi connectivity index (χ2n) is 2.25. The normalized spacial score (nSPS) is 22.6. The molecule has 40 valence electrons. The molecule has 7 heavy (non-hydrogen) atoms. The summed E-state index contributed by atoms with van der Waals surface area (Å²) in [7, 11) is 1.93. The first kappa shape index (κ1) is 5.13. The maximum absolute atomic E-state index is 5.43. The van der Waals surface area contributed by atoms with Crippen molar-refractivity contribution in [1.29, 1.82) is 0 Å². The second kappa shape index (κ2) is 1.84. The van der Waals surface area contributed by atoms with Crippen molar-refractivity contribution in [3.05, 3.63) is 0 Å². The minimum atomic E-state index is 0.694. The zero-order chi connectivity index (χ0) is 5.28. The fraction of sp³-hybridized carbons (Fsp3) is 1.00. The highest BCUT2D eigenvalue weighted by molar-refractivity contribution is 6.04. The Morgan fingerprint density at radius 2 is 2.14 bits per heavy atom. The Morgan fingerprint density at radius 1 is 1.57 bits per heavy atom. The Kier molecular flexibility index (Phi) is 1.35. The molecule has 0 aliphatic heterocycles. The van der Waals surface area contributed by atoms with Crippen LogP contribution >= 0.6 is 0 Å². The van der Waals surface area contributed by atoms with Crippen molar-refractivity contribution in [3.8, 4) is 0 Å². The van der Waals surface area contributed by atoms with Crippen LogP contribution in [-0.2, 0) is 0 Å². The molecule has 1 rings (SSSR count). The van der Waals surface area contributed by atoms with Gasteiger partial charge in [0, 0.05) is 6.04 Å². The SMILES string of the molecule is BN(N)C1CCC1. The lowest BCUT2D eigenvalue weighted by molar-refractivity contribution is 0.230. The number of nitrogens with zero attached hydrogens (tertiary/aromatic N) is 1. The van der Waals surface area contributed by atoms with Crippen LogP contribution in [0.5, 0.6) is 0 Å². The van der Waals surface area contributed by atoms with E-state index in [2.05, 4.69) is 0 Å². The summed E-state index contributed by atoms with van der Waals surface area (Å²) in [5.41, 5.74) is 0. The highest BCUT2D eigenvalue weighted by Crippen LogP contribution is 2.20. The Morgan fingerprint density at radius 3 is 2.14 bits per heavy atom. The van der Waals surface area contributed by atoms with Gasteiger partial charge in [-0.15, -0.1) is 0 Å². The quantitative estimate of drug-likeness (QED) is 0.266. The Hall–Kier alpha value is -0.0151. The molecule has 2 N–H and O–H groups in total. The van der Waals surface area contributed by atoms with Gasteiger partial charge in [0.2, 0.25) is 7.98 Å². The zero-order valence-corrected chi connectivity index (χ0v) is 4.72. The minimum absolute atomic E-state index is 0.694. The first-order valence-corrected chi connectivity index (χ1v) is 2.78. The van der Waals surface area contributed by atoms with E-state index in [0.717, 1.165) is 0 Å². The first-order chi connectivity index (χ1) is 3.30. The molecule has 0 unspecified atom stereocenters.